The van der Waals surface area contributed by atoms with Crippen molar-refractivity contribution < 1.29 is 9.84 Å². The van der Waals surface area contributed by atoms with Crippen LogP contribution >= 0.6 is 0 Å². The van der Waals surface area contributed by atoms with Crippen molar-refractivity contribution in [2.45, 2.75) is 12.6 Å². The number of nitrogens with two attached hydrogens (primary N) is 1. The van der Waals surface area contributed by atoms with Gasteiger partial charge >= 0.3 is 0 Å². The second-order valence-electron chi connectivity index (χ2n) is 3.99. The maximum atomic E-state index is 8.85. The Hall–Kier alpha value is -1.10. The summed E-state index contributed by atoms with van der Waals surface area (Å²) in [7, 11) is 3.64. The van der Waals surface area contributed by atoms with Gasteiger partial charge in [0, 0.05) is 19.1 Å². The van der Waals surface area contributed by atoms with Crippen molar-refractivity contribution in [3.05, 3.63) is 29.8 Å². The van der Waals surface area contributed by atoms with Crippen molar-refractivity contribution >= 4 is 0 Å². The zero-order valence-electron chi connectivity index (χ0n) is 9.89. The van der Waals surface area contributed by atoms with E-state index in [9.17, 15) is 0 Å². The molecule has 1 atom stereocenters. The highest BCUT2D eigenvalue weighted by molar-refractivity contribution is 5.27. The lowest BCUT2D eigenvalue weighted by molar-refractivity contribution is 0.218. The number of hydrogen-bond acceptors (Lipinski definition) is 4. The number of likely N-dealkylation sites (N-methyl/N-ethyl adjacent to an activating group) is 1. The number of hydrogen-bond donors (Lipinski definition) is 2. The highest BCUT2D eigenvalue weighted by Crippen LogP contribution is 2.12. The first-order chi connectivity index (χ1) is 7.65. The minimum absolute atomic E-state index is 0.0208. The third-order valence-electron chi connectivity index (χ3n) is 2.39. The quantitative estimate of drug-likeness (QED) is 0.736. The molecule has 0 spiro atoms. The molecular weight excluding hydrogens is 204 g/mol. The summed E-state index contributed by atoms with van der Waals surface area (Å²) < 4.78 is 5.09. The lowest BCUT2D eigenvalue weighted by Gasteiger charge is -2.20. The molecule has 90 valence electrons. The first-order valence-electron chi connectivity index (χ1n) is 5.33. The van der Waals surface area contributed by atoms with E-state index in [1.54, 1.807) is 7.11 Å². The van der Waals surface area contributed by atoms with Gasteiger partial charge in [0.1, 0.15) is 5.75 Å². The average molecular weight is 224 g/mol. The summed E-state index contributed by atoms with van der Waals surface area (Å²) in [5, 5.41) is 8.85. The van der Waals surface area contributed by atoms with E-state index >= 15 is 0 Å². The van der Waals surface area contributed by atoms with Crippen LogP contribution in [0.15, 0.2) is 24.3 Å². The van der Waals surface area contributed by atoms with Crippen LogP contribution in [0.1, 0.15) is 5.56 Å². The smallest absolute Gasteiger partial charge is 0.118 e. The van der Waals surface area contributed by atoms with Gasteiger partial charge in [0.05, 0.1) is 13.7 Å². The molecule has 0 aliphatic heterocycles. The van der Waals surface area contributed by atoms with Gasteiger partial charge in [0.2, 0.25) is 0 Å². The Morgan fingerprint density at radius 3 is 2.50 bits per heavy atom. The fourth-order valence-corrected chi connectivity index (χ4v) is 1.57. The van der Waals surface area contributed by atoms with Crippen LogP contribution in [0.25, 0.3) is 0 Å². The van der Waals surface area contributed by atoms with Gasteiger partial charge in [-0.25, -0.2) is 0 Å². The molecule has 4 heteroatoms. The third kappa shape index (κ3) is 4.18. The van der Waals surface area contributed by atoms with Crippen molar-refractivity contribution in [1.82, 2.24) is 4.90 Å². The van der Waals surface area contributed by atoms with E-state index in [-0.39, 0.29) is 12.6 Å². The van der Waals surface area contributed by atoms with Crippen LogP contribution in [0.4, 0.5) is 0 Å². The van der Waals surface area contributed by atoms with Crippen LogP contribution in [-0.2, 0) is 6.54 Å². The van der Waals surface area contributed by atoms with E-state index < -0.39 is 0 Å². The average Bonchev–Trinajstić information content (AvgIpc) is 2.29. The summed E-state index contributed by atoms with van der Waals surface area (Å²) in [6, 6.07) is 7.76. The van der Waals surface area contributed by atoms with Gasteiger partial charge in [-0.2, -0.15) is 0 Å². The maximum absolute atomic E-state index is 8.85. The number of aliphatic hydroxyl groups excluding tert-OH is 1. The first kappa shape index (κ1) is 13.0. The lowest BCUT2D eigenvalue weighted by atomic mass is 10.2. The van der Waals surface area contributed by atoms with Gasteiger partial charge in [0.25, 0.3) is 0 Å². The van der Waals surface area contributed by atoms with E-state index in [2.05, 4.69) is 4.90 Å². The molecule has 0 fully saturated rings. The standard InChI is InChI=1S/C12H20N2O2/c1-14(8-11(13)9-15)7-10-3-5-12(16-2)6-4-10/h3-6,11,15H,7-9,13H2,1-2H3. The van der Waals surface area contributed by atoms with Crippen LogP contribution < -0.4 is 10.5 Å². The molecule has 16 heavy (non-hydrogen) atoms. The number of nitrogens with zero attached hydrogens (tertiary/aromatic N) is 1. The van der Waals surface area contributed by atoms with E-state index in [1.165, 1.54) is 5.56 Å². The summed E-state index contributed by atoms with van der Waals surface area (Å²) in [5.41, 5.74) is 6.86. The number of ether oxygens (including phenoxy) is 1. The fraction of sp³-hybridized carbons (Fsp3) is 0.500. The Kier molecular flexibility index (Phi) is 5.25. The van der Waals surface area contributed by atoms with Gasteiger partial charge < -0.3 is 20.5 Å². The Bertz CT molecular complexity index is 300. The molecular formula is C12H20N2O2. The molecule has 1 aromatic carbocycles. The Balaban J connectivity index is 2.46. The summed E-state index contributed by atoms with van der Waals surface area (Å²) in [4.78, 5) is 2.09. The third-order valence-corrected chi connectivity index (χ3v) is 2.39. The van der Waals surface area contributed by atoms with E-state index in [0.717, 1.165) is 12.3 Å². The predicted octanol–water partition coefficient (Wildman–Crippen LogP) is 0.447. The van der Waals surface area contributed by atoms with E-state index in [0.29, 0.717) is 6.54 Å². The van der Waals surface area contributed by atoms with Crippen LogP contribution in [-0.4, -0.2) is 43.4 Å². The molecule has 0 saturated heterocycles. The van der Waals surface area contributed by atoms with Crippen LogP contribution in [0.5, 0.6) is 5.75 Å². The van der Waals surface area contributed by atoms with Crippen LogP contribution in [0.3, 0.4) is 0 Å². The Morgan fingerprint density at radius 1 is 1.38 bits per heavy atom. The Labute approximate surface area is 96.6 Å². The molecule has 0 bridgehead atoms. The molecule has 0 aromatic heterocycles. The largest absolute Gasteiger partial charge is 0.497 e. The minimum Gasteiger partial charge on any atom is -0.497 e. The molecule has 1 rings (SSSR count). The SMILES string of the molecule is COc1ccc(CN(C)CC(N)CO)cc1. The van der Waals surface area contributed by atoms with Gasteiger partial charge in [-0.1, -0.05) is 12.1 Å². The molecule has 3 N–H and O–H groups in total. The molecule has 0 heterocycles. The van der Waals surface area contributed by atoms with Crippen molar-refractivity contribution in [2.24, 2.45) is 5.73 Å². The summed E-state index contributed by atoms with van der Waals surface area (Å²) >= 11 is 0. The number of rotatable bonds is 6. The number of aliphatic hydroxyl groups is 1. The summed E-state index contributed by atoms with van der Waals surface area (Å²) in [6.07, 6.45) is 0. The van der Waals surface area contributed by atoms with Crippen LogP contribution in [0.2, 0.25) is 0 Å². The van der Waals surface area contributed by atoms with Crippen molar-refractivity contribution in [3.63, 3.8) is 0 Å². The van der Waals surface area contributed by atoms with Crippen molar-refractivity contribution in [1.29, 1.82) is 0 Å². The van der Waals surface area contributed by atoms with Gasteiger partial charge in [-0.15, -0.1) is 0 Å². The van der Waals surface area contributed by atoms with E-state index in [1.807, 2.05) is 31.3 Å². The lowest BCUT2D eigenvalue weighted by Crippen LogP contribution is -2.37. The molecule has 0 radical (unpaired) electrons. The predicted molar refractivity (Wildman–Crippen MR) is 64.4 cm³/mol. The summed E-state index contributed by atoms with van der Waals surface area (Å²) in [6.45, 7) is 1.52. The highest BCUT2D eigenvalue weighted by Gasteiger charge is 2.06. The molecule has 0 aliphatic rings. The monoisotopic (exact) mass is 224 g/mol. The van der Waals surface area contributed by atoms with Crippen molar-refractivity contribution in [2.75, 3.05) is 27.3 Å². The number of methoxy groups -OCH3 is 1. The normalized spacial score (nSPS) is 12.8. The molecule has 0 saturated carbocycles. The zero-order valence-corrected chi connectivity index (χ0v) is 9.89. The maximum Gasteiger partial charge on any atom is 0.118 e. The minimum atomic E-state index is -0.178. The highest BCUT2D eigenvalue weighted by atomic mass is 16.5. The second-order valence-corrected chi connectivity index (χ2v) is 3.99. The van der Waals surface area contributed by atoms with Gasteiger partial charge in [-0.05, 0) is 24.7 Å². The second kappa shape index (κ2) is 6.48. The van der Waals surface area contributed by atoms with Gasteiger partial charge in [-0.3, -0.25) is 0 Å². The molecule has 1 aromatic rings. The van der Waals surface area contributed by atoms with Crippen molar-refractivity contribution in [3.8, 4) is 5.75 Å². The van der Waals surface area contributed by atoms with Gasteiger partial charge in [0.15, 0.2) is 0 Å². The zero-order chi connectivity index (χ0) is 12.0. The first-order valence-corrected chi connectivity index (χ1v) is 5.33. The summed E-state index contributed by atoms with van der Waals surface area (Å²) in [5.74, 6) is 0.860. The molecule has 4 nitrogen and oxygen atoms in total. The fourth-order valence-electron chi connectivity index (χ4n) is 1.57. The topological polar surface area (TPSA) is 58.7 Å². The number of benzene rings is 1. The molecule has 0 amide bonds. The van der Waals surface area contributed by atoms with E-state index in [4.69, 9.17) is 15.6 Å². The molecule has 1 unspecified atom stereocenters. The molecule has 0 aliphatic carbocycles. The van der Waals surface area contributed by atoms with Crippen LogP contribution in [0, 0.1) is 0 Å². The Morgan fingerprint density at radius 2 is 2.00 bits per heavy atom.